The summed E-state index contributed by atoms with van der Waals surface area (Å²) in [6.45, 7) is 13.4. The predicted molar refractivity (Wildman–Crippen MR) is 140 cm³/mol. The van der Waals surface area contributed by atoms with E-state index in [1.807, 2.05) is 6.07 Å². The number of hydrogen-bond acceptors (Lipinski definition) is 2. The molecule has 0 aliphatic carbocycles. The van der Waals surface area contributed by atoms with Crippen molar-refractivity contribution in [2.75, 3.05) is 16.3 Å². The minimum atomic E-state index is -1.27. The van der Waals surface area contributed by atoms with Gasteiger partial charge in [-0.25, -0.2) is 0 Å². The molecule has 0 spiro atoms. The number of anilines is 2. The Morgan fingerprint density at radius 2 is 1.18 bits per heavy atom. The van der Waals surface area contributed by atoms with Crippen LogP contribution in [-0.4, -0.2) is 11.1 Å². The second kappa shape index (κ2) is 9.82. The van der Waals surface area contributed by atoms with Crippen LogP contribution in [0.3, 0.4) is 0 Å². The Morgan fingerprint density at radius 1 is 0.727 bits per heavy atom. The van der Waals surface area contributed by atoms with Gasteiger partial charge in [0, 0.05) is 30.9 Å². The number of hydrogen-bond donors (Lipinski definition) is 0. The summed E-state index contributed by atoms with van der Waals surface area (Å²) >= 11 is 14.5. The third-order valence-corrected chi connectivity index (χ3v) is 6.84. The largest absolute Gasteiger partial charge is 0.316 e. The number of nitrogens with zero attached hydrogens (tertiary/aromatic N) is 2. The van der Waals surface area contributed by atoms with Gasteiger partial charge in [0.2, 0.25) is 0 Å². The molecular formula is C28H30Cl2N2Ru. The first-order valence-electron chi connectivity index (χ1n) is 11.0. The minimum Gasteiger partial charge on any atom is -0.316 e. The van der Waals surface area contributed by atoms with Gasteiger partial charge in [0.15, 0.2) is 0 Å². The van der Waals surface area contributed by atoms with Crippen LogP contribution in [0.25, 0.3) is 6.08 Å². The van der Waals surface area contributed by atoms with E-state index < -0.39 is 4.58 Å². The SMILES string of the molecule is Cc1cc(C)c(N2CC(=Cc3ccccc3)N(c3c(C)cc(C)cc3C)C2(Cl)Cl)c(C)c1.[Ru]. The molecule has 3 aromatic rings. The molecule has 1 aliphatic heterocycles. The zero-order chi connectivity index (χ0) is 23.2. The van der Waals surface area contributed by atoms with E-state index in [2.05, 4.69) is 106 Å². The van der Waals surface area contributed by atoms with Gasteiger partial charge >= 0.3 is 0 Å². The maximum absolute atomic E-state index is 7.27. The summed E-state index contributed by atoms with van der Waals surface area (Å²) in [6.07, 6.45) is 2.19. The van der Waals surface area contributed by atoms with Crippen molar-refractivity contribution < 1.29 is 19.5 Å². The molecule has 1 saturated heterocycles. The normalized spacial score (nSPS) is 16.3. The van der Waals surface area contributed by atoms with Gasteiger partial charge in [0.1, 0.15) is 0 Å². The fourth-order valence-electron chi connectivity index (χ4n) is 5.09. The molecule has 1 aliphatic rings. The van der Waals surface area contributed by atoms with Gasteiger partial charge in [-0.15, -0.1) is 0 Å². The molecule has 1 fully saturated rings. The van der Waals surface area contributed by atoms with Crippen LogP contribution in [0, 0.1) is 41.5 Å². The minimum absolute atomic E-state index is 0. The van der Waals surface area contributed by atoms with Crippen molar-refractivity contribution in [1.29, 1.82) is 0 Å². The number of halogens is 2. The van der Waals surface area contributed by atoms with Crippen LogP contribution in [0.1, 0.15) is 38.9 Å². The first kappa shape index (κ1) is 25.8. The van der Waals surface area contributed by atoms with Crippen molar-refractivity contribution in [3.05, 3.63) is 99.2 Å². The fraction of sp³-hybridized carbons (Fsp3) is 0.286. The van der Waals surface area contributed by atoms with Gasteiger partial charge in [-0.1, -0.05) is 88.9 Å². The zero-order valence-electron chi connectivity index (χ0n) is 20.0. The van der Waals surface area contributed by atoms with Crippen molar-refractivity contribution in [2.45, 2.75) is 46.1 Å². The van der Waals surface area contributed by atoms with Gasteiger partial charge in [-0.05, 0) is 75.4 Å². The van der Waals surface area contributed by atoms with E-state index in [9.17, 15) is 0 Å². The molecule has 33 heavy (non-hydrogen) atoms. The van der Waals surface area contributed by atoms with Crippen LogP contribution in [-0.2, 0) is 19.5 Å². The second-order valence-electron chi connectivity index (χ2n) is 8.97. The summed E-state index contributed by atoms with van der Waals surface area (Å²) < 4.78 is -1.27. The molecular weight excluding hydrogens is 536 g/mol. The summed E-state index contributed by atoms with van der Waals surface area (Å²) in [7, 11) is 0. The molecule has 3 aromatic carbocycles. The maximum Gasteiger partial charge on any atom is 0.275 e. The van der Waals surface area contributed by atoms with Gasteiger partial charge in [-0.2, -0.15) is 0 Å². The molecule has 5 heteroatoms. The van der Waals surface area contributed by atoms with E-state index in [1.165, 1.54) is 22.3 Å². The molecule has 2 nitrogen and oxygen atoms in total. The predicted octanol–water partition coefficient (Wildman–Crippen LogP) is 7.99. The Hall–Kier alpha value is -1.80. The van der Waals surface area contributed by atoms with E-state index in [-0.39, 0.29) is 19.5 Å². The molecule has 0 saturated carbocycles. The van der Waals surface area contributed by atoms with Crippen LogP contribution in [0.5, 0.6) is 0 Å². The van der Waals surface area contributed by atoms with Crippen LogP contribution in [0.15, 0.2) is 60.3 Å². The maximum atomic E-state index is 7.27. The molecule has 0 bridgehead atoms. The number of benzene rings is 3. The number of aryl methyl sites for hydroxylation is 6. The number of alkyl halides is 2. The molecule has 0 radical (unpaired) electrons. The van der Waals surface area contributed by atoms with E-state index in [0.29, 0.717) is 6.54 Å². The van der Waals surface area contributed by atoms with Crippen molar-refractivity contribution in [2.24, 2.45) is 0 Å². The van der Waals surface area contributed by atoms with Gasteiger partial charge in [0.25, 0.3) is 4.58 Å². The Morgan fingerprint density at radius 3 is 1.67 bits per heavy atom. The topological polar surface area (TPSA) is 6.48 Å². The molecule has 1 heterocycles. The summed E-state index contributed by atoms with van der Waals surface area (Å²) in [5.41, 5.74) is 11.5. The first-order chi connectivity index (χ1) is 15.1. The monoisotopic (exact) mass is 566 g/mol. The fourth-order valence-corrected chi connectivity index (χ4v) is 5.76. The van der Waals surface area contributed by atoms with E-state index in [0.717, 1.165) is 33.8 Å². The third-order valence-electron chi connectivity index (χ3n) is 6.10. The Labute approximate surface area is 221 Å². The van der Waals surface area contributed by atoms with Crippen LogP contribution >= 0.6 is 23.2 Å². The molecule has 0 aromatic heterocycles. The zero-order valence-corrected chi connectivity index (χ0v) is 23.2. The Balaban J connectivity index is 0.00000306. The third kappa shape index (κ3) is 4.87. The molecule has 174 valence electrons. The quantitative estimate of drug-likeness (QED) is 0.180. The summed E-state index contributed by atoms with van der Waals surface area (Å²) in [6, 6.07) is 19.1. The molecule has 0 amide bonds. The second-order valence-corrected chi connectivity index (χ2v) is 10.2. The van der Waals surface area contributed by atoms with Crippen molar-refractivity contribution in [1.82, 2.24) is 0 Å². The van der Waals surface area contributed by atoms with E-state index >= 15 is 0 Å². The van der Waals surface area contributed by atoms with Crippen LogP contribution in [0.2, 0.25) is 0 Å². The Kier molecular flexibility index (Phi) is 7.69. The van der Waals surface area contributed by atoms with Crippen molar-refractivity contribution in [3.8, 4) is 0 Å². The van der Waals surface area contributed by atoms with E-state index in [4.69, 9.17) is 23.2 Å². The number of rotatable bonds is 3. The summed E-state index contributed by atoms with van der Waals surface area (Å²) in [5.74, 6) is 0. The van der Waals surface area contributed by atoms with Crippen LogP contribution < -0.4 is 9.80 Å². The first-order valence-corrected chi connectivity index (χ1v) is 11.7. The van der Waals surface area contributed by atoms with Gasteiger partial charge < -0.3 is 4.90 Å². The van der Waals surface area contributed by atoms with Gasteiger partial charge in [-0.3, -0.25) is 4.90 Å². The molecule has 0 N–H and O–H groups in total. The average molecular weight is 567 g/mol. The van der Waals surface area contributed by atoms with Gasteiger partial charge in [0.05, 0.1) is 12.2 Å². The van der Waals surface area contributed by atoms with E-state index in [1.54, 1.807) is 0 Å². The molecule has 0 unspecified atom stereocenters. The summed E-state index contributed by atoms with van der Waals surface area (Å²) in [5, 5.41) is 0. The summed E-state index contributed by atoms with van der Waals surface area (Å²) in [4.78, 5) is 4.22. The van der Waals surface area contributed by atoms with Crippen LogP contribution in [0.4, 0.5) is 11.4 Å². The van der Waals surface area contributed by atoms with Crippen molar-refractivity contribution in [3.63, 3.8) is 0 Å². The van der Waals surface area contributed by atoms with Crippen molar-refractivity contribution >= 4 is 40.7 Å². The molecule has 0 atom stereocenters. The Bertz CT molecular complexity index is 1160. The standard InChI is InChI=1S/C28H30Cl2N2.Ru/c1-18-12-20(3)26(21(4)13-18)31-17-25(16-24-10-8-7-9-11-24)32(28(31,29)30)27-22(5)14-19(2)15-23(27)6;/h7-16H,17H2,1-6H3;. The smallest absolute Gasteiger partial charge is 0.275 e. The average Bonchev–Trinajstić information content (AvgIpc) is 2.92. The molecule has 4 rings (SSSR count).